The lowest BCUT2D eigenvalue weighted by Gasteiger charge is -2.33. The summed E-state index contributed by atoms with van der Waals surface area (Å²) in [5.74, 6) is -24.2. The van der Waals surface area contributed by atoms with Crippen LogP contribution in [0, 0.1) is 15.9 Å². The summed E-state index contributed by atoms with van der Waals surface area (Å²) in [5.41, 5.74) is -0.733. The molecule has 0 spiro atoms. The molecule has 1 aromatic carbocycles. The van der Waals surface area contributed by atoms with Crippen molar-refractivity contribution in [2.75, 3.05) is 6.61 Å². The summed E-state index contributed by atoms with van der Waals surface area (Å²) >= 11 is 0.380. The van der Waals surface area contributed by atoms with Gasteiger partial charge in [0.2, 0.25) is 11.1 Å². The predicted octanol–water partition coefficient (Wildman–Crippen LogP) is 3.95. The second-order valence-electron chi connectivity index (χ2n) is 7.78. The number of aromatic nitrogens is 5. The molecule has 0 aliphatic heterocycles. The number of carbonyl (C=O) groups excluding carboxylic acids is 1. The van der Waals surface area contributed by atoms with Crippen molar-refractivity contribution in [1.82, 2.24) is 25.2 Å². The van der Waals surface area contributed by atoms with Crippen molar-refractivity contribution in [2.24, 2.45) is 5.73 Å². The molecule has 1 amide bonds. The van der Waals surface area contributed by atoms with Gasteiger partial charge >= 0.3 is 23.9 Å². The minimum atomic E-state index is -7.27. The van der Waals surface area contributed by atoms with Gasteiger partial charge in [0.1, 0.15) is 11.5 Å². The van der Waals surface area contributed by atoms with Crippen molar-refractivity contribution in [2.45, 2.75) is 40.5 Å². The van der Waals surface area contributed by atoms with Crippen LogP contribution in [0.4, 0.5) is 49.6 Å². The van der Waals surface area contributed by atoms with Crippen LogP contribution in [0.25, 0.3) is 11.3 Å². The van der Waals surface area contributed by atoms with Gasteiger partial charge in [0.15, 0.2) is 0 Å². The fraction of sp³-hybridized carbons (Fsp3) is 0.316. The number of benzene rings is 1. The number of pyridine rings is 1. The lowest BCUT2D eigenvalue weighted by Crippen LogP contribution is -2.59. The van der Waals surface area contributed by atoms with Crippen molar-refractivity contribution < 1.29 is 58.7 Å². The molecule has 3 N–H and O–H groups in total. The Morgan fingerprint density at radius 1 is 1.07 bits per heavy atom. The molecule has 2 aromatic heterocycles. The highest BCUT2D eigenvalue weighted by atomic mass is 32.2. The molecule has 0 bridgehead atoms. The smallest absolute Gasteiger partial charge is 0.394 e. The molecule has 0 radical (unpaired) electrons. The molecular formula is C19H11F10N7O4S. The van der Waals surface area contributed by atoms with Crippen LogP contribution in [0.15, 0.2) is 34.4 Å². The van der Waals surface area contributed by atoms with E-state index < -0.39 is 86.2 Å². The number of rotatable bonds is 10. The Bertz CT molecular complexity index is 1500. The number of nitro groups is 1. The lowest BCUT2D eigenvalue weighted by molar-refractivity contribution is -0.399. The average Bonchev–Trinajstić information content (AvgIpc) is 3.29. The Balaban J connectivity index is 2.25. The predicted molar refractivity (Wildman–Crippen MR) is 114 cm³/mol. The number of primary amides is 1. The highest BCUT2D eigenvalue weighted by Crippen LogP contribution is 2.56. The highest BCUT2D eigenvalue weighted by Gasteiger charge is 2.82. The van der Waals surface area contributed by atoms with Crippen LogP contribution < -0.4 is 5.73 Å². The van der Waals surface area contributed by atoms with Gasteiger partial charge in [0.25, 0.3) is 5.69 Å². The molecular weight excluding hydrogens is 612 g/mol. The molecule has 2 heterocycles. The van der Waals surface area contributed by atoms with Gasteiger partial charge in [-0.3, -0.25) is 19.9 Å². The summed E-state index contributed by atoms with van der Waals surface area (Å²) in [5, 5.41) is 30.7. The Morgan fingerprint density at radius 3 is 2.22 bits per heavy atom. The Morgan fingerprint density at radius 2 is 1.71 bits per heavy atom. The van der Waals surface area contributed by atoms with E-state index in [0.717, 1.165) is 4.68 Å². The second kappa shape index (κ2) is 10.7. The highest BCUT2D eigenvalue weighted by molar-refractivity contribution is 7.99. The van der Waals surface area contributed by atoms with Crippen LogP contribution in [0.2, 0.25) is 0 Å². The first-order valence-corrected chi connectivity index (χ1v) is 11.1. The summed E-state index contributed by atoms with van der Waals surface area (Å²) in [7, 11) is 0. The third-order valence-electron chi connectivity index (χ3n) is 5.16. The first-order chi connectivity index (χ1) is 18.8. The van der Waals surface area contributed by atoms with E-state index in [0.29, 0.717) is 23.9 Å². The maximum atomic E-state index is 15.1. The van der Waals surface area contributed by atoms with Crippen LogP contribution >= 0.6 is 11.8 Å². The second-order valence-corrected chi connectivity index (χ2v) is 8.75. The van der Waals surface area contributed by atoms with Crippen LogP contribution in [0.5, 0.6) is 0 Å². The third-order valence-corrected chi connectivity index (χ3v) is 6.28. The quantitative estimate of drug-likeness (QED) is 0.193. The number of nitro benzene ring substituents is 1. The zero-order valence-electron chi connectivity index (χ0n) is 19.3. The molecule has 41 heavy (non-hydrogen) atoms. The molecule has 0 atom stereocenters. The Hall–Kier alpha value is -4.08. The van der Waals surface area contributed by atoms with E-state index in [4.69, 9.17) is 10.8 Å². The molecule has 11 nitrogen and oxygen atoms in total. The maximum Gasteiger partial charge on any atom is 0.460 e. The van der Waals surface area contributed by atoms with Gasteiger partial charge in [0, 0.05) is 34.4 Å². The van der Waals surface area contributed by atoms with Crippen LogP contribution in [0.1, 0.15) is 15.9 Å². The van der Waals surface area contributed by atoms with E-state index >= 15 is 4.39 Å². The third kappa shape index (κ3) is 5.47. The first-order valence-electron chi connectivity index (χ1n) is 10.3. The van der Waals surface area contributed by atoms with E-state index in [1.54, 1.807) is 0 Å². The minimum absolute atomic E-state index is 0.239. The van der Waals surface area contributed by atoms with Crippen LogP contribution in [0.3, 0.4) is 0 Å². The first kappa shape index (κ1) is 31.4. The van der Waals surface area contributed by atoms with Gasteiger partial charge in [-0.25, -0.2) is 9.07 Å². The number of amides is 1. The number of halogens is 10. The summed E-state index contributed by atoms with van der Waals surface area (Å²) < 4.78 is 136. The fourth-order valence-electron chi connectivity index (χ4n) is 3.15. The number of tetrazole rings is 1. The largest absolute Gasteiger partial charge is 0.460 e. The molecule has 3 rings (SSSR count). The molecule has 0 aliphatic rings. The van der Waals surface area contributed by atoms with Gasteiger partial charge in [-0.1, -0.05) is 0 Å². The van der Waals surface area contributed by atoms with Crippen molar-refractivity contribution in [3.8, 4) is 11.3 Å². The van der Waals surface area contributed by atoms with Crippen molar-refractivity contribution in [3.63, 3.8) is 0 Å². The van der Waals surface area contributed by atoms with E-state index in [1.165, 1.54) is 0 Å². The number of nitrogens with zero attached hydrogens (tertiary/aromatic N) is 6. The average molecular weight is 623 g/mol. The number of carbonyl (C=O) groups is 1. The Kier molecular flexibility index (Phi) is 8.22. The van der Waals surface area contributed by atoms with E-state index in [-0.39, 0.29) is 17.9 Å². The zero-order chi connectivity index (χ0) is 31.1. The molecule has 0 saturated heterocycles. The number of hydrogen-bond acceptors (Lipinski definition) is 9. The van der Waals surface area contributed by atoms with Gasteiger partial charge in [-0.05, 0) is 28.3 Å². The maximum absolute atomic E-state index is 15.1. The van der Waals surface area contributed by atoms with E-state index in [1.807, 2.05) is 0 Å². The van der Waals surface area contributed by atoms with E-state index in [2.05, 4.69) is 20.5 Å². The molecule has 0 fully saturated rings. The summed E-state index contributed by atoms with van der Waals surface area (Å²) in [4.78, 5) is 25.0. The van der Waals surface area contributed by atoms with Gasteiger partial charge in [-0.15, -0.1) is 5.10 Å². The minimum Gasteiger partial charge on any atom is -0.394 e. The molecule has 0 saturated carbocycles. The molecule has 0 aliphatic carbocycles. The van der Waals surface area contributed by atoms with Crippen molar-refractivity contribution >= 4 is 23.4 Å². The zero-order valence-corrected chi connectivity index (χ0v) is 20.2. The van der Waals surface area contributed by atoms with Gasteiger partial charge in [0.05, 0.1) is 23.6 Å². The van der Waals surface area contributed by atoms with Crippen LogP contribution in [-0.2, 0) is 12.5 Å². The summed E-state index contributed by atoms with van der Waals surface area (Å²) in [6.07, 6.45) is -7.48. The molecule has 22 heteroatoms. The summed E-state index contributed by atoms with van der Waals surface area (Å²) in [6.45, 7) is -0.755. The molecule has 0 unspecified atom stereocenters. The summed E-state index contributed by atoms with van der Waals surface area (Å²) in [6, 6.07) is 0.634. The van der Waals surface area contributed by atoms with Gasteiger partial charge in [-0.2, -0.15) is 39.5 Å². The molecule has 222 valence electrons. The standard InChI is InChI=1S/C19H11F10N7O4S/c20-11-3-7(16(21,22)17(23,24)18(25,26)19(27,28)29)6-31-12(11)9-4-8(36(39)40)5-10(14(30)38)13(9)41-15-32-33-34-35(15)1-2-37/h3-6,37H,1-2H2,(H2,30,38). The SMILES string of the molecule is NC(=O)c1cc([N+](=O)[O-])cc(-c2ncc(C(F)(F)C(F)(F)C(F)(F)C(F)(F)F)cc2F)c1Sc1nnnn1CCO. The number of non-ortho nitro benzene ring substituents is 1. The number of aliphatic hydroxyl groups is 1. The monoisotopic (exact) mass is 623 g/mol. The number of nitrogens with two attached hydrogens (primary N) is 1. The van der Waals surface area contributed by atoms with E-state index in [9.17, 15) is 54.4 Å². The lowest BCUT2D eigenvalue weighted by atomic mass is 9.97. The normalized spacial score (nSPS) is 13.0. The van der Waals surface area contributed by atoms with Gasteiger partial charge < -0.3 is 10.8 Å². The molecule has 3 aromatic rings. The number of hydrogen-bond donors (Lipinski definition) is 2. The topological polar surface area (TPSA) is 163 Å². The Labute approximate surface area is 223 Å². The fourth-order valence-corrected chi connectivity index (χ4v) is 4.18. The van der Waals surface area contributed by atoms with Crippen molar-refractivity contribution in [1.29, 1.82) is 0 Å². The number of alkyl halides is 9. The van der Waals surface area contributed by atoms with Crippen molar-refractivity contribution in [3.05, 3.63) is 51.5 Å². The van der Waals surface area contributed by atoms with Crippen LogP contribution in [-0.4, -0.2) is 65.8 Å². The number of aliphatic hydroxyl groups excluding tert-OH is 1.